The van der Waals surface area contributed by atoms with Gasteiger partial charge in [-0.2, -0.15) is 5.06 Å². The number of ether oxygens (including phenoxy) is 1. The third-order valence-corrected chi connectivity index (χ3v) is 4.21. The summed E-state index contributed by atoms with van der Waals surface area (Å²) in [6, 6.07) is 8.21. The van der Waals surface area contributed by atoms with Crippen molar-refractivity contribution in [2.45, 2.75) is 63.9 Å². The Morgan fingerprint density at radius 3 is 2.76 bits per heavy atom. The molecule has 2 heterocycles. The Hall–Kier alpha value is -1.10. The first-order valence-electron chi connectivity index (χ1n) is 7.78. The molecule has 2 aliphatic heterocycles. The molecule has 0 bridgehead atoms. The van der Waals surface area contributed by atoms with Crippen LogP contribution in [0.2, 0.25) is 0 Å². The smallest absolute Gasteiger partial charge is 0.133 e. The Morgan fingerprint density at radius 1 is 1.29 bits per heavy atom. The molecule has 1 saturated heterocycles. The van der Waals surface area contributed by atoms with Crippen LogP contribution < -0.4 is 4.74 Å². The molecule has 1 fully saturated rings. The lowest BCUT2D eigenvalue weighted by molar-refractivity contribution is -0.312. The molecule has 0 radical (unpaired) electrons. The average Bonchev–Trinajstić information content (AvgIpc) is 2.41. The van der Waals surface area contributed by atoms with Crippen LogP contribution in [-0.4, -0.2) is 34.1 Å². The highest BCUT2D eigenvalue weighted by atomic mass is 16.7. The summed E-state index contributed by atoms with van der Waals surface area (Å²) in [5.41, 5.74) is 0.739. The van der Waals surface area contributed by atoms with Crippen molar-refractivity contribution in [2.24, 2.45) is 0 Å². The second-order valence-electron chi connectivity index (χ2n) is 7.17. The number of hydroxylamine groups is 2. The Morgan fingerprint density at radius 2 is 2.05 bits per heavy atom. The topological polar surface area (TPSA) is 41.9 Å². The van der Waals surface area contributed by atoms with Gasteiger partial charge in [0.25, 0.3) is 0 Å². The number of benzene rings is 1. The number of hydrogen-bond donors (Lipinski definition) is 1. The third-order valence-electron chi connectivity index (χ3n) is 4.21. The summed E-state index contributed by atoms with van der Waals surface area (Å²) in [4.78, 5) is 5.82. The minimum Gasteiger partial charge on any atom is -0.487 e. The number of hydrogen-bond acceptors (Lipinski definition) is 4. The predicted octanol–water partition coefficient (Wildman–Crippen LogP) is 2.89. The Bertz CT molecular complexity index is 511. The van der Waals surface area contributed by atoms with E-state index in [0.29, 0.717) is 13.0 Å². The number of rotatable bonds is 1. The van der Waals surface area contributed by atoms with E-state index in [4.69, 9.17) is 9.57 Å². The van der Waals surface area contributed by atoms with Crippen LogP contribution in [0, 0.1) is 0 Å². The summed E-state index contributed by atoms with van der Waals surface area (Å²) in [5, 5.41) is 12.1. The predicted molar refractivity (Wildman–Crippen MR) is 80.9 cm³/mol. The largest absolute Gasteiger partial charge is 0.487 e. The van der Waals surface area contributed by atoms with Gasteiger partial charge in [0.05, 0.1) is 5.60 Å². The Labute approximate surface area is 126 Å². The van der Waals surface area contributed by atoms with E-state index < -0.39 is 6.23 Å². The van der Waals surface area contributed by atoms with Gasteiger partial charge >= 0.3 is 0 Å². The van der Waals surface area contributed by atoms with Gasteiger partial charge in [0.1, 0.15) is 17.6 Å². The highest BCUT2D eigenvalue weighted by Gasteiger charge is 2.44. The van der Waals surface area contributed by atoms with Crippen molar-refractivity contribution in [1.82, 2.24) is 5.06 Å². The van der Waals surface area contributed by atoms with Crippen LogP contribution in [0.25, 0.3) is 0 Å². The summed E-state index contributed by atoms with van der Waals surface area (Å²) in [6.07, 6.45) is 2.85. The van der Waals surface area contributed by atoms with Gasteiger partial charge < -0.3 is 9.84 Å². The molecule has 4 heteroatoms. The molecule has 116 valence electrons. The number of aryl methyl sites for hydroxylation is 1. The van der Waals surface area contributed by atoms with Crippen LogP contribution in [0.5, 0.6) is 5.75 Å². The molecule has 1 N–H and O–H groups in total. The third kappa shape index (κ3) is 3.23. The lowest BCUT2D eigenvalue weighted by Gasteiger charge is -2.47. The summed E-state index contributed by atoms with van der Waals surface area (Å²) >= 11 is 0. The van der Waals surface area contributed by atoms with E-state index >= 15 is 0 Å². The zero-order valence-corrected chi connectivity index (χ0v) is 13.1. The fourth-order valence-corrected chi connectivity index (χ4v) is 3.23. The monoisotopic (exact) mass is 291 g/mol. The second kappa shape index (κ2) is 5.27. The van der Waals surface area contributed by atoms with Crippen molar-refractivity contribution in [2.75, 3.05) is 6.54 Å². The van der Waals surface area contributed by atoms with Gasteiger partial charge in [-0.05, 0) is 45.2 Å². The first kappa shape index (κ1) is 14.8. The van der Waals surface area contributed by atoms with Crippen molar-refractivity contribution in [3.63, 3.8) is 0 Å². The molecule has 1 aromatic carbocycles. The second-order valence-corrected chi connectivity index (χ2v) is 7.17. The van der Waals surface area contributed by atoms with Crippen molar-refractivity contribution >= 4 is 0 Å². The zero-order valence-electron chi connectivity index (χ0n) is 13.1. The van der Waals surface area contributed by atoms with Crippen molar-refractivity contribution in [3.05, 3.63) is 29.8 Å². The van der Waals surface area contributed by atoms with Crippen molar-refractivity contribution in [3.8, 4) is 5.75 Å². The van der Waals surface area contributed by atoms with E-state index in [0.717, 1.165) is 25.0 Å². The minimum atomic E-state index is -0.608. The van der Waals surface area contributed by atoms with E-state index in [2.05, 4.69) is 12.1 Å². The van der Waals surface area contributed by atoms with Gasteiger partial charge in [-0.1, -0.05) is 18.2 Å². The van der Waals surface area contributed by atoms with Gasteiger partial charge in [0.2, 0.25) is 0 Å². The van der Waals surface area contributed by atoms with Crippen molar-refractivity contribution < 1.29 is 14.7 Å². The lowest BCUT2D eigenvalue weighted by atomic mass is 9.83. The average molecular weight is 291 g/mol. The first-order chi connectivity index (χ1) is 9.87. The highest BCUT2D eigenvalue weighted by Crippen LogP contribution is 2.40. The molecule has 0 amide bonds. The molecule has 21 heavy (non-hydrogen) atoms. The molecule has 0 aromatic heterocycles. The lowest BCUT2D eigenvalue weighted by Crippen LogP contribution is -2.55. The van der Waals surface area contributed by atoms with E-state index in [9.17, 15) is 5.11 Å². The highest BCUT2D eigenvalue weighted by molar-refractivity contribution is 5.36. The number of piperidine rings is 1. The number of para-hydroxylation sites is 1. The maximum absolute atomic E-state index is 10.4. The van der Waals surface area contributed by atoms with Gasteiger partial charge in [-0.25, -0.2) is 0 Å². The van der Waals surface area contributed by atoms with Crippen LogP contribution in [0.4, 0.5) is 0 Å². The summed E-state index contributed by atoms with van der Waals surface area (Å²) in [6.45, 7) is 6.69. The molecule has 1 spiro atoms. The molecular formula is C17H25NO3. The standard InChI is InChI=1S/C17H25NO3/c1-16(2,3)21-18-11-10-17(12-15(18)19)9-8-13-6-4-5-7-14(13)20-17/h4-7,15,19H,8-12H2,1-3H3. The molecule has 0 aliphatic carbocycles. The molecule has 3 rings (SSSR count). The van der Waals surface area contributed by atoms with E-state index in [1.807, 2.05) is 32.9 Å². The summed E-state index contributed by atoms with van der Waals surface area (Å²) in [5.74, 6) is 0.973. The SMILES string of the molecule is CC(C)(C)ON1CCC2(CCc3ccccc3O2)CC1O. The molecule has 2 atom stereocenters. The van der Waals surface area contributed by atoms with Crippen LogP contribution in [0.15, 0.2) is 24.3 Å². The maximum Gasteiger partial charge on any atom is 0.133 e. The van der Waals surface area contributed by atoms with Gasteiger partial charge in [0, 0.05) is 19.4 Å². The van der Waals surface area contributed by atoms with E-state index in [-0.39, 0.29) is 11.2 Å². The zero-order chi connectivity index (χ0) is 15.1. The Balaban J connectivity index is 1.70. The van der Waals surface area contributed by atoms with Crippen molar-refractivity contribution in [1.29, 1.82) is 0 Å². The van der Waals surface area contributed by atoms with E-state index in [1.165, 1.54) is 5.56 Å². The molecular weight excluding hydrogens is 266 g/mol. The number of aliphatic hydroxyl groups excluding tert-OH is 1. The maximum atomic E-state index is 10.4. The molecule has 0 saturated carbocycles. The number of aliphatic hydroxyl groups is 1. The van der Waals surface area contributed by atoms with Gasteiger partial charge in [-0.15, -0.1) is 0 Å². The van der Waals surface area contributed by atoms with Crippen LogP contribution in [0.3, 0.4) is 0 Å². The Kier molecular flexibility index (Phi) is 3.72. The van der Waals surface area contributed by atoms with Gasteiger partial charge in [0.15, 0.2) is 0 Å². The van der Waals surface area contributed by atoms with Crippen LogP contribution >= 0.6 is 0 Å². The number of nitrogens with zero attached hydrogens (tertiary/aromatic N) is 1. The molecule has 2 unspecified atom stereocenters. The fourth-order valence-electron chi connectivity index (χ4n) is 3.23. The normalized spacial score (nSPS) is 30.0. The first-order valence-corrected chi connectivity index (χ1v) is 7.78. The summed E-state index contributed by atoms with van der Waals surface area (Å²) in [7, 11) is 0. The van der Waals surface area contributed by atoms with E-state index in [1.54, 1.807) is 5.06 Å². The summed E-state index contributed by atoms with van der Waals surface area (Å²) < 4.78 is 6.27. The molecule has 2 aliphatic rings. The number of fused-ring (bicyclic) bond motifs is 1. The van der Waals surface area contributed by atoms with Crippen LogP contribution in [0.1, 0.15) is 45.6 Å². The van der Waals surface area contributed by atoms with Gasteiger partial charge in [-0.3, -0.25) is 4.84 Å². The fraction of sp³-hybridized carbons (Fsp3) is 0.647. The molecule has 1 aromatic rings. The minimum absolute atomic E-state index is 0.245. The quantitative estimate of drug-likeness (QED) is 0.864. The molecule has 4 nitrogen and oxygen atoms in total. The van der Waals surface area contributed by atoms with Crippen LogP contribution in [-0.2, 0) is 11.3 Å².